The summed E-state index contributed by atoms with van der Waals surface area (Å²) in [6.07, 6.45) is 4.44. The molecule has 0 saturated heterocycles. The molecule has 8 heteroatoms. The molecule has 7 nitrogen and oxygen atoms in total. The first-order valence-corrected chi connectivity index (χ1v) is 9.55. The number of aromatic nitrogens is 4. The summed E-state index contributed by atoms with van der Waals surface area (Å²) >= 11 is 0. The number of carbonyl (C=O) groups is 1. The molecule has 1 aliphatic heterocycles. The van der Waals surface area contributed by atoms with E-state index in [1.54, 1.807) is 6.07 Å². The fourth-order valence-corrected chi connectivity index (χ4v) is 3.51. The van der Waals surface area contributed by atoms with Crippen LogP contribution >= 0.6 is 0 Å². The van der Waals surface area contributed by atoms with Crippen molar-refractivity contribution >= 4 is 5.91 Å². The molecule has 0 N–H and O–H groups in total. The van der Waals surface area contributed by atoms with Crippen molar-refractivity contribution in [2.75, 3.05) is 19.8 Å². The molecule has 3 heterocycles. The van der Waals surface area contributed by atoms with E-state index in [0.29, 0.717) is 24.8 Å². The number of ether oxygens (including phenoxy) is 1. The van der Waals surface area contributed by atoms with E-state index in [-0.39, 0.29) is 18.4 Å². The second kappa shape index (κ2) is 7.72. The van der Waals surface area contributed by atoms with Gasteiger partial charge >= 0.3 is 0 Å². The first-order valence-electron chi connectivity index (χ1n) is 9.55. The van der Waals surface area contributed by atoms with E-state index in [1.165, 1.54) is 18.9 Å². The van der Waals surface area contributed by atoms with Crippen LogP contribution in [-0.2, 0) is 28.9 Å². The van der Waals surface area contributed by atoms with Crippen LogP contribution in [0.15, 0.2) is 18.3 Å². The highest BCUT2D eigenvalue weighted by molar-refractivity contribution is 5.79. The van der Waals surface area contributed by atoms with E-state index < -0.39 is 5.82 Å². The van der Waals surface area contributed by atoms with Crippen molar-refractivity contribution in [1.29, 1.82) is 0 Å². The van der Waals surface area contributed by atoms with Crippen molar-refractivity contribution < 1.29 is 13.9 Å². The molecule has 0 radical (unpaired) electrons. The average Bonchev–Trinajstić information content (AvgIpc) is 3.40. The highest BCUT2D eigenvalue weighted by Crippen LogP contribution is 2.32. The van der Waals surface area contributed by atoms with Crippen molar-refractivity contribution in [2.24, 2.45) is 5.92 Å². The smallest absolute Gasteiger partial charge is 0.229 e. The summed E-state index contributed by atoms with van der Waals surface area (Å²) < 4.78 is 20.9. The molecule has 0 bridgehead atoms. The summed E-state index contributed by atoms with van der Waals surface area (Å²) in [6.45, 7) is 4.54. The summed E-state index contributed by atoms with van der Waals surface area (Å²) in [6, 6.07) is 2.64. The molecule has 2 aromatic rings. The van der Waals surface area contributed by atoms with Gasteiger partial charge in [-0.2, -0.15) is 0 Å². The minimum absolute atomic E-state index is 0.0502. The van der Waals surface area contributed by atoms with Crippen molar-refractivity contribution in [3.8, 4) is 0 Å². The van der Waals surface area contributed by atoms with E-state index in [0.717, 1.165) is 37.2 Å². The molecule has 0 spiro atoms. The van der Waals surface area contributed by atoms with Crippen LogP contribution in [0.1, 0.15) is 42.9 Å². The Hall–Kier alpha value is -2.35. The highest BCUT2D eigenvalue weighted by Gasteiger charge is 2.35. The number of pyridine rings is 1. The van der Waals surface area contributed by atoms with E-state index >= 15 is 0 Å². The zero-order valence-electron chi connectivity index (χ0n) is 15.5. The first kappa shape index (κ1) is 18.0. The molecular formula is C19H24FN5O2. The van der Waals surface area contributed by atoms with Gasteiger partial charge in [0.1, 0.15) is 17.6 Å². The van der Waals surface area contributed by atoms with E-state index in [9.17, 15) is 9.18 Å². The molecule has 1 unspecified atom stereocenters. The van der Waals surface area contributed by atoms with Crippen LogP contribution in [0.5, 0.6) is 0 Å². The second-order valence-corrected chi connectivity index (χ2v) is 7.22. The normalized spacial score (nSPS) is 19.2. The number of hydrogen-bond donors (Lipinski definition) is 0. The summed E-state index contributed by atoms with van der Waals surface area (Å²) in [4.78, 5) is 18.8. The van der Waals surface area contributed by atoms with Crippen LogP contribution in [0.4, 0.5) is 4.39 Å². The number of aryl methyl sites for hydroxylation is 1. The van der Waals surface area contributed by atoms with E-state index in [1.807, 2.05) is 16.5 Å². The minimum Gasteiger partial charge on any atom is -0.379 e. The van der Waals surface area contributed by atoms with Gasteiger partial charge in [0.2, 0.25) is 5.91 Å². The third-order valence-corrected chi connectivity index (χ3v) is 5.22. The van der Waals surface area contributed by atoms with Crippen molar-refractivity contribution in [2.45, 2.75) is 45.2 Å². The maximum Gasteiger partial charge on any atom is 0.229 e. The molecule has 1 saturated carbocycles. The van der Waals surface area contributed by atoms with Gasteiger partial charge in [-0.05, 0) is 37.8 Å². The quantitative estimate of drug-likeness (QED) is 0.741. The van der Waals surface area contributed by atoms with E-state index in [4.69, 9.17) is 4.74 Å². The Morgan fingerprint density at radius 3 is 2.89 bits per heavy atom. The lowest BCUT2D eigenvalue weighted by Gasteiger charge is -2.34. The van der Waals surface area contributed by atoms with Gasteiger partial charge in [-0.3, -0.25) is 9.78 Å². The van der Waals surface area contributed by atoms with Crippen LogP contribution < -0.4 is 0 Å². The fourth-order valence-electron chi connectivity index (χ4n) is 3.51. The number of halogens is 1. The lowest BCUT2D eigenvalue weighted by Crippen LogP contribution is -2.43. The topological polar surface area (TPSA) is 73.1 Å². The largest absolute Gasteiger partial charge is 0.379 e. The van der Waals surface area contributed by atoms with Crippen LogP contribution in [0, 0.1) is 11.7 Å². The Morgan fingerprint density at radius 2 is 2.19 bits per heavy atom. The second-order valence-electron chi connectivity index (χ2n) is 7.22. The average molecular weight is 373 g/mol. The zero-order valence-corrected chi connectivity index (χ0v) is 15.5. The highest BCUT2D eigenvalue weighted by atomic mass is 19.1. The summed E-state index contributed by atoms with van der Waals surface area (Å²) in [7, 11) is 0. The van der Waals surface area contributed by atoms with Crippen LogP contribution in [0.2, 0.25) is 0 Å². The Kier molecular flexibility index (Phi) is 5.15. The van der Waals surface area contributed by atoms with Crippen LogP contribution in [0.3, 0.4) is 0 Å². The van der Waals surface area contributed by atoms with Crippen molar-refractivity contribution in [1.82, 2.24) is 24.9 Å². The molecule has 27 heavy (non-hydrogen) atoms. The summed E-state index contributed by atoms with van der Waals surface area (Å²) in [5.74, 6) is 0.203. The SMILES string of the molecule is CCn1nnc2c1CCN(C(=O)Cc1ccc(F)cn1)C2COCC1CC1. The number of hydrogen-bond acceptors (Lipinski definition) is 5. The first-order chi connectivity index (χ1) is 13.2. The van der Waals surface area contributed by atoms with Gasteiger partial charge < -0.3 is 9.64 Å². The molecule has 4 rings (SSSR count). The zero-order chi connectivity index (χ0) is 18.8. The molecule has 1 fully saturated rings. The minimum atomic E-state index is -0.406. The van der Waals surface area contributed by atoms with Crippen LogP contribution in [-0.4, -0.2) is 50.5 Å². The Morgan fingerprint density at radius 1 is 1.33 bits per heavy atom. The number of amides is 1. The van der Waals surface area contributed by atoms with E-state index in [2.05, 4.69) is 15.3 Å². The monoisotopic (exact) mass is 373 g/mol. The number of carbonyl (C=O) groups excluding carboxylic acids is 1. The van der Waals surface area contributed by atoms with Gasteiger partial charge in [-0.15, -0.1) is 5.10 Å². The fraction of sp³-hybridized carbons (Fsp3) is 0.579. The standard InChI is InChI=1S/C19H24FN5O2/c1-2-25-16-7-8-24(18(26)9-15-6-5-14(20)10-21-15)17(19(16)22-23-25)12-27-11-13-3-4-13/h5-6,10,13,17H,2-4,7-9,11-12H2,1H3. The van der Waals surface area contributed by atoms with Gasteiger partial charge in [0.15, 0.2) is 0 Å². The lowest BCUT2D eigenvalue weighted by atomic mass is 10.0. The van der Waals surface area contributed by atoms with Gasteiger partial charge in [0.25, 0.3) is 0 Å². The lowest BCUT2D eigenvalue weighted by molar-refractivity contribution is -0.135. The maximum atomic E-state index is 13.1. The molecule has 1 atom stereocenters. The Bertz CT molecular complexity index is 803. The third kappa shape index (κ3) is 4.00. The molecule has 2 aliphatic rings. The molecule has 1 amide bonds. The van der Waals surface area contributed by atoms with Crippen LogP contribution in [0.25, 0.3) is 0 Å². The molecule has 144 valence electrons. The Balaban J connectivity index is 1.51. The van der Waals surface area contributed by atoms with Gasteiger partial charge in [-0.1, -0.05) is 5.21 Å². The van der Waals surface area contributed by atoms with Gasteiger partial charge in [0, 0.05) is 31.8 Å². The predicted octanol–water partition coefficient (Wildman–Crippen LogP) is 1.93. The summed E-state index contributed by atoms with van der Waals surface area (Å²) in [5, 5.41) is 8.58. The van der Waals surface area contributed by atoms with Crippen molar-refractivity contribution in [3.63, 3.8) is 0 Å². The number of nitrogens with zero attached hydrogens (tertiary/aromatic N) is 5. The van der Waals surface area contributed by atoms with Gasteiger partial charge in [0.05, 0.1) is 24.9 Å². The maximum absolute atomic E-state index is 13.1. The Labute approximate surface area is 157 Å². The number of rotatable bonds is 7. The predicted molar refractivity (Wildman–Crippen MR) is 95.3 cm³/mol. The summed E-state index contributed by atoms with van der Waals surface area (Å²) in [5.41, 5.74) is 2.47. The molecule has 1 aliphatic carbocycles. The molecule has 0 aromatic carbocycles. The number of fused-ring (bicyclic) bond motifs is 1. The third-order valence-electron chi connectivity index (χ3n) is 5.22. The van der Waals surface area contributed by atoms with Crippen molar-refractivity contribution in [3.05, 3.63) is 41.2 Å². The molecule has 2 aromatic heterocycles. The van der Waals surface area contributed by atoms with Gasteiger partial charge in [-0.25, -0.2) is 9.07 Å². The molecular weight excluding hydrogens is 349 g/mol.